The molecule has 0 fully saturated rings. The average Bonchev–Trinajstić information content (AvgIpc) is 2.85. The minimum atomic E-state index is 0.307. The molecule has 1 amide bonds. The fraction of sp³-hybridized carbons (Fsp3) is 0.562. The van der Waals surface area contributed by atoms with Crippen molar-refractivity contribution in [3.05, 3.63) is 28.8 Å². The van der Waals surface area contributed by atoms with Crippen LogP contribution in [0.4, 0.5) is 5.69 Å². The van der Waals surface area contributed by atoms with Gasteiger partial charge in [-0.25, -0.2) is 0 Å². The monoisotopic (exact) mass is 258 g/mol. The molecular formula is C16H22N2O. The van der Waals surface area contributed by atoms with Crippen LogP contribution in [0.3, 0.4) is 0 Å². The molecule has 3 rings (SSSR count). The van der Waals surface area contributed by atoms with Crippen molar-refractivity contribution in [2.24, 2.45) is 0 Å². The van der Waals surface area contributed by atoms with Gasteiger partial charge in [-0.15, -0.1) is 0 Å². The molecule has 2 aliphatic rings. The first kappa shape index (κ1) is 12.7. The van der Waals surface area contributed by atoms with Crippen molar-refractivity contribution in [1.82, 2.24) is 5.32 Å². The molecule has 102 valence electrons. The molecule has 0 saturated heterocycles. The Labute approximate surface area is 115 Å². The van der Waals surface area contributed by atoms with Gasteiger partial charge >= 0.3 is 0 Å². The molecule has 1 aromatic carbocycles. The fourth-order valence-electron chi connectivity index (χ4n) is 3.46. The number of hydrogen-bond acceptors (Lipinski definition) is 2. The molecule has 0 saturated carbocycles. The number of aryl methyl sites for hydroxylation is 1. The van der Waals surface area contributed by atoms with Gasteiger partial charge in [0.1, 0.15) is 0 Å². The van der Waals surface area contributed by atoms with Gasteiger partial charge in [0.2, 0.25) is 5.91 Å². The van der Waals surface area contributed by atoms with Crippen LogP contribution in [0, 0.1) is 0 Å². The lowest BCUT2D eigenvalue weighted by Crippen LogP contribution is -2.32. The van der Waals surface area contributed by atoms with Crippen molar-refractivity contribution >= 4 is 11.6 Å². The predicted molar refractivity (Wildman–Crippen MR) is 77.8 cm³/mol. The van der Waals surface area contributed by atoms with Gasteiger partial charge in [0, 0.05) is 19.5 Å². The molecule has 1 N–H and O–H groups in total. The number of rotatable bonds is 4. The molecule has 0 aromatic heterocycles. The number of carbonyl (C=O) groups excluding carboxylic acids is 1. The first-order valence-electron chi connectivity index (χ1n) is 7.35. The third-order valence-corrected chi connectivity index (χ3v) is 4.49. The molecule has 1 atom stereocenters. The van der Waals surface area contributed by atoms with Gasteiger partial charge in [-0.1, -0.05) is 19.1 Å². The highest BCUT2D eigenvalue weighted by Gasteiger charge is 2.31. The van der Waals surface area contributed by atoms with Crippen LogP contribution in [0.25, 0.3) is 0 Å². The van der Waals surface area contributed by atoms with E-state index >= 15 is 0 Å². The summed E-state index contributed by atoms with van der Waals surface area (Å²) in [6, 6.07) is 4.68. The molecule has 0 spiro atoms. The maximum absolute atomic E-state index is 11.9. The summed E-state index contributed by atoms with van der Waals surface area (Å²) in [4.78, 5) is 13.9. The van der Waals surface area contributed by atoms with Crippen molar-refractivity contribution < 1.29 is 4.79 Å². The lowest BCUT2D eigenvalue weighted by molar-refractivity contribution is -0.118. The number of nitrogens with one attached hydrogen (secondary N) is 1. The predicted octanol–water partition coefficient (Wildman–Crippen LogP) is 2.23. The quantitative estimate of drug-likeness (QED) is 0.898. The summed E-state index contributed by atoms with van der Waals surface area (Å²) >= 11 is 0. The molecule has 1 unspecified atom stereocenters. The van der Waals surface area contributed by atoms with E-state index in [1.54, 1.807) is 0 Å². The topological polar surface area (TPSA) is 32.3 Å². The van der Waals surface area contributed by atoms with Crippen LogP contribution in [0.2, 0.25) is 0 Å². The fourth-order valence-corrected chi connectivity index (χ4v) is 3.46. The number of hydrogen-bond donors (Lipinski definition) is 1. The number of likely N-dealkylation sites (N-methyl/N-ethyl adjacent to an activating group) is 1. The number of amides is 1. The highest BCUT2D eigenvalue weighted by Crippen LogP contribution is 2.39. The van der Waals surface area contributed by atoms with Gasteiger partial charge in [-0.3, -0.25) is 4.79 Å². The van der Waals surface area contributed by atoms with E-state index in [-0.39, 0.29) is 0 Å². The second-order valence-corrected chi connectivity index (χ2v) is 5.65. The van der Waals surface area contributed by atoms with E-state index in [2.05, 4.69) is 24.4 Å². The summed E-state index contributed by atoms with van der Waals surface area (Å²) in [5.41, 5.74) is 5.45. The highest BCUT2D eigenvalue weighted by atomic mass is 16.2. The Morgan fingerprint density at radius 3 is 2.68 bits per heavy atom. The molecule has 2 aliphatic heterocycles. The van der Waals surface area contributed by atoms with Gasteiger partial charge in [0.25, 0.3) is 0 Å². The van der Waals surface area contributed by atoms with Crippen LogP contribution >= 0.6 is 0 Å². The summed E-state index contributed by atoms with van der Waals surface area (Å²) in [5, 5.41) is 3.29. The van der Waals surface area contributed by atoms with Crippen LogP contribution in [0.1, 0.15) is 42.4 Å². The van der Waals surface area contributed by atoms with E-state index in [0.29, 0.717) is 18.2 Å². The standard InChI is InChI=1S/C16H22N2O/c1-3-11(10-17-2)14-8-12-4-5-15(19)18-7-6-13(9-14)16(12)18/h8-9,11,17H,3-7,10H2,1-2H3. The second kappa shape index (κ2) is 4.97. The maximum Gasteiger partial charge on any atom is 0.227 e. The number of benzene rings is 1. The van der Waals surface area contributed by atoms with Gasteiger partial charge in [0.15, 0.2) is 0 Å². The molecule has 3 nitrogen and oxygen atoms in total. The summed E-state index contributed by atoms with van der Waals surface area (Å²) in [5.74, 6) is 0.888. The molecule has 3 heteroatoms. The highest BCUT2D eigenvalue weighted by molar-refractivity contribution is 5.98. The van der Waals surface area contributed by atoms with Gasteiger partial charge in [-0.2, -0.15) is 0 Å². The summed E-state index contributed by atoms with van der Waals surface area (Å²) in [6.45, 7) is 4.15. The number of carbonyl (C=O) groups is 1. The Morgan fingerprint density at radius 1 is 1.26 bits per heavy atom. The summed E-state index contributed by atoms with van der Waals surface area (Å²) < 4.78 is 0. The van der Waals surface area contributed by atoms with Gasteiger partial charge < -0.3 is 10.2 Å². The van der Waals surface area contributed by atoms with E-state index in [0.717, 1.165) is 32.4 Å². The molecule has 0 bridgehead atoms. The minimum absolute atomic E-state index is 0.307. The number of nitrogens with zero attached hydrogens (tertiary/aromatic N) is 1. The molecule has 1 aromatic rings. The van der Waals surface area contributed by atoms with E-state index in [1.807, 2.05) is 11.9 Å². The SMILES string of the molecule is CCC(CNC)c1cc2c3c(c1)CCN3C(=O)CC2. The summed E-state index contributed by atoms with van der Waals surface area (Å²) in [7, 11) is 2.01. The minimum Gasteiger partial charge on any atom is -0.319 e. The third-order valence-electron chi connectivity index (χ3n) is 4.49. The smallest absolute Gasteiger partial charge is 0.227 e. The molecular weight excluding hydrogens is 236 g/mol. The Balaban J connectivity index is 2.01. The maximum atomic E-state index is 11.9. The normalized spacial score (nSPS) is 18.6. The van der Waals surface area contributed by atoms with Crippen LogP contribution in [-0.4, -0.2) is 26.0 Å². The van der Waals surface area contributed by atoms with Crippen LogP contribution in [0.5, 0.6) is 0 Å². The largest absolute Gasteiger partial charge is 0.319 e. The third kappa shape index (κ3) is 2.06. The first-order chi connectivity index (χ1) is 9.24. The van der Waals surface area contributed by atoms with Crippen molar-refractivity contribution in [2.45, 2.75) is 38.5 Å². The molecule has 19 heavy (non-hydrogen) atoms. The zero-order chi connectivity index (χ0) is 13.4. The van der Waals surface area contributed by atoms with Crippen LogP contribution < -0.4 is 10.2 Å². The first-order valence-corrected chi connectivity index (χ1v) is 7.35. The lowest BCUT2D eigenvalue weighted by Gasteiger charge is -2.27. The average molecular weight is 258 g/mol. The summed E-state index contributed by atoms with van der Waals surface area (Å²) in [6.07, 6.45) is 3.78. The van der Waals surface area contributed by atoms with Gasteiger partial charge in [-0.05, 0) is 48.9 Å². The van der Waals surface area contributed by atoms with Crippen LogP contribution in [0.15, 0.2) is 12.1 Å². The van der Waals surface area contributed by atoms with Crippen LogP contribution in [-0.2, 0) is 17.6 Å². The van der Waals surface area contributed by atoms with Crippen molar-refractivity contribution in [3.8, 4) is 0 Å². The van der Waals surface area contributed by atoms with Crippen molar-refractivity contribution in [1.29, 1.82) is 0 Å². The Kier molecular flexibility index (Phi) is 3.31. The van der Waals surface area contributed by atoms with E-state index in [9.17, 15) is 4.79 Å². The zero-order valence-corrected chi connectivity index (χ0v) is 11.8. The van der Waals surface area contributed by atoms with E-state index in [4.69, 9.17) is 0 Å². The lowest BCUT2D eigenvalue weighted by atomic mass is 9.89. The van der Waals surface area contributed by atoms with E-state index < -0.39 is 0 Å². The zero-order valence-electron chi connectivity index (χ0n) is 11.8. The Bertz CT molecular complexity index is 510. The molecule has 0 radical (unpaired) electrons. The van der Waals surface area contributed by atoms with Gasteiger partial charge in [0.05, 0.1) is 5.69 Å². The molecule has 0 aliphatic carbocycles. The Morgan fingerprint density at radius 2 is 2.00 bits per heavy atom. The van der Waals surface area contributed by atoms with E-state index in [1.165, 1.54) is 22.4 Å². The number of anilines is 1. The van der Waals surface area contributed by atoms with Crippen molar-refractivity contribution in [2.75, 3.05) is 25.0 Å². The second-order valence-electron chi connectivity index (χ2n) is 5.65. The van der Waals surface area contributed by atoms with Crippen molar-refractivity contribution in [3.63, 3.8) is 0 Å². The Hall–Kier alpha value is -1.35. The molecule has 2 heterocycles.